The summed E-state index contributed by atoms with van der Waals surface area (Å²) in [6, 6.07) is 20.5. The maximum absolute atomic E-state index is 10.7. The smallest absolute Gasteiger partial charge is 0.140 e. The topological polar surface area (TPSA) is 48.9 Å². The van der Waals surface area contributed by atoms with Crippen LogP contribution in [0.4, 0.5) is 0 Å². The summed E-state index contributed by atoms with van der Waals surface area (Å²) in [5.41, 5.74) is 5.13. The number of nitrogens with zero attached hydrogens (tertiary/aromatic N) is 1. The summed E-state index contributed by atoms with van der Waals surface area (Å²) in [6.45, 7) is 4.06. The fourth-order valence-corrected chi connectivity index (χ4v) is 3.35. The molecule has 1 aromatic heterocycles. The second-order valence-electron chi connectivity index (χ2n) is 6.47. The quantitative estimate of drug-likeness (QED) is 0.560. The molecule has 0 aliphatic rings. The van der Waals surface area contributed by atoms with Gasteiger partial charge in [-0.15, -0.1) is 0 Å². The Bertz CT molecular complexity index is 1040. The molecule has 1 heterocycles. The van der Waals surface area contributed by atoms with Gasteiger partial charge in [0, 0.05) is 5.56 Å². The van der Waals surface area contributed by atoms with Gasteiger partial charge in [-0.1, -0.05) is 66.2 Å². The molecule has 4 rings (SSSR count). The molecular weight excluding hydrogens is 308 g/mol. The fourth-order valence-electron chi connectivity index (χ4n) is 3.35. The zero-order valence-electron chi connectivity index (χ0n) is 14.3. The minimum atomic E-state index is -0.760. The lowest BCUT2D eigenvalue weighted by Crippen LogP contribution is -2.04. The van der Waals surface area contributed by atoms with E-state index in [1.54, 1.807) is 6.20 Å². The first kappa shape index (κ1) is 15.6. The van der Waals surface area contributed by atoms with Crippen LogP contribution in [0, 0.1) is 13.8 Å². The van der Waals surface area contributed by atoms with Crippen molar-refractivity contribution in [2.45, 2.75) is 20.0 Å². The van der Waals surface area contributed by atoms with Crippen molar-refractivity contribution in [3.05, 3.63) is 89.4 Å². The van der Waals surface area contributed by atoms with Gasteiger partial charge in [0.2, 0.25) is 0 Å². The number of hydrogen-bond donors (Lipinski definition) is 2. The van der Waals surface area contributed by atoms with Crippen LogP contribution >= 0.6 is 0 Å². The van der Waals surface area contributed by atoms with E-state index in [1.807, 2.05) is 37.3 Å². The number of H-pyrrole nitrogens is 1. The van der Waals surface area contributed by atoms with Crippen molar-refractivity contribution in [1.29, 1.82) is 0 Å². The Morgan fingerprint density at radius 2 is 1.76 bits per heavy atom. The van der Waals surface area contributed by atoms with E-state index in [9.17, 15) is 5.11 Å². The minimum Gasteiger partial charge on any atom is -0.380 e. The molecule has 0 fully saturated rings. The highest BCUT2D eigenvalue weighted by Crippen LogP contribution is 2.30. The van der Waals surface area contributed by atoms with E-state index in [-0.39, 0.29) is 0 Å². The van der Waals surface area contributed by atoms with Gasteiger partial charge in [-0.3, -0.25) is 0 Å². The Morgan fingerprint density at radius 1 is 0.960 bits per heavy atom. The lowest BCUT2D eigenvalue weighted by Gasteiger charge is -2.12. The first-order chi connectivity index (χ1) is 12.1. The standard InChI is InChI=1S/C22H20N2O/c1-14-10-11-17(15(2)12-14)21(25)22-23-13-20(24-22)19-9-5-7-16-6-3-4-8-18(16)19/h3-13,21,25H,1-2H3,(H,23,24). The minimum absolute atomic E-state index is 0.565. The Kier molecular flexibility index (Phi) is 3.86. The van der Waals surface area contributed by atoms with Crippen molar-refractivity contribution in [1.82, 2.24) is 9.97 Å². The summed E-state index contributed by atoms with van der Waals surface area (Å²) >= 11 is 0. The molecular formula is C22H20N2O. The molecule has 0 saturated heterocycles. The SMILES string of the molecule is Cc1ccc(C(O)c2ncc(-c3cccc4ccccc34)[nH]2)c(C)c1. The number of aromatic amines is 1. The molecule has 1 atom stereocenters. The lowest BCUT2D eigenvalue weighted by molar-refractivity contribution is 0.210. The molecule has 3 nitrogen and oxygen atoms in total. The first-order valence-electron chi connectivity index (χ1n) is 8.42. The van der Waals surface area contributed by atoms with Crippen LogP contribution in [0.15, 0.2) is 66.9 Å². The Labute approximate surface area is 147 Å². The monoisotopic (exact) mass is 328 g/mol. The summed E-state index contributed by atoms with van der Waals surface area (Å²) in [6.07, 6.45) is 1.04. The third-order valence-corrected chi connectivity index (χ3v) is 4.65. The Balaban J connectivity index is 1.74. The van der Waals surface area contributed by atoms with E-state index in [1.165, 1.54) is 16.3 Å². The molecule has 0 bridgehead atoms. The lowest BCUT2D eigenvalue weighted by atomic mass is 10.0. The number of benzene rings is 3. The van der Waals surface area contributed by atoms with Gasteiger partial charge in [0.05, 0.1) is 11.9 Å². The van der Waals surface area contributed by atoms with E-state index < -0.39 is 6.10 Å². The van der Waals surface area contributed by atoms with Crippen molar-refractivity contribution < 1.29 is 5.11 Å². The molecule has 0 saturated carbocycles. The van der Waals surface area contributed by atoms with Gasteiger partial charge in [-0.05, 0) is 35.7 Å². The van der Waals surface area contributed by atoms with Crippen LogP contribution in [0.3, 0.4) is 0 Å². The number of aliphatic hydroxyl groups excluding tert-OH is 1. The van der Waals surface area contributed by atoms with Crippen molar-refractivity contribution in [2.24, 2.45) is 0 Å². The number of hydrogen-bond acceptors (Lipinski definition) is 2. The second-order valence-corrected chi connectivity index (χ2v) is 6.47. The highest BCUT2D eigenvalue weighted by Gasteiger charge is 2.17. The normalized spacial score (nSPS) is 12.4. The van der Waals surface area contributed by atoms with Crippen LogP contribution in [-0.2, 0) is 0 Å². The first-order valence-corrected chi connectivity index (χ1v) is 8.42. The Morgan fingerprint density at radius 3 is 2.60 bits per heavy atom. The molecule has 124 valence electrons. The average molecular weight is 328 g/mol. The van der Waals surface area contributed by atoms with Crippen molar-refractivity contribution >= 4 is 10.8 Å². The summed E-state index contributed by atoms with van der Waals surface area (Å²) in [5, 5.41) is 13.1. The van der Waals surface area contributed by atoms with Gasteiger partial charge in [0.25, 0.3) is 0 Å². The zero-order chi connectivity index (χ0) is 17.4. The van der Waals surface area contributed by atoms with E-state index >= 15 is 0 Å². The predicted octanol–water partition coefficient (Wildman–Crippen LogP) is 4.93. The fraction of sp³-hybridized carbons (Fsp3) is 0.136. The van der Waals surface area contributed by atoms with Gasteiger partial charge in [-0.25, -0.2) is 4.98 Å². The molecule has 4 aromatic rings. The number of nitrogens with one attached hydrogen (secondary N) is 1. The summed E-state index contributed by atoms with van der Waals surface area (Å²) in [4.78, 5) is 7.73. The van der Waals surface area contributed by atoms with E-state index in [4.69, 9.17) is 0 Å². The molecule has 3 aromatic carbocycles. The van der Waals surface area contributed by atoms with Crippen LogP contribution < -0.4 is 0 Å². The molecule has 3 heteroatoms. The van der Waals surface area contributed by atoms with Crippen LogP contribution in [0.5, 0.6) is 0 Å². The predicted molar refractivity (Wildman–Crippen MR) is 102 cm³/mol. The molecule has 0 aliphatic heterocycles. The van der Waals surface area contributed by atoms with Gasteiger partial charge < -0.3 is 10.1 Å². The summed E-state index contributed by atoms with van der Waals surface area (Å²) < 4.78 is 0. The molecule has 0 radical (unpaired) electrons. The van der Waals surface area contributed by atoms with Crippen LogP contribution in [0.2, 0.25) is 0 Å². The maximum Gasteiger partial charge on any atom is 0.140 e. The highest BCUT2D eigenvalue weighted by molar-refractivity contribution is 5.95. The van der Waals surface area contributed by atoms with Crippen molar-refractivity contribution in [3.8, 4) is 11.3 Å². The number of imidazole rings is 1. The van der Waals surface area contributed by atoms with Gasteiger partial charge in [0.15, 0.2) is 0 Å². The largest absolute Gasteiger partial charge is 0.380 e. The summed E-state index contributed by atoms with van der Waals surface area (Å²) in [7, 11) is 0. The van der Waals surface area contributed by atoms with Crippen molar-refractivity contribution in [2.75, 3.05) is 0 Å². The molecule has 1 unspecified atom stereocenters. The second kappa shape index (κ2) is 6.19. The number of aromatic nitrogens is 2. The van der Waals surface area contributed by atoms with Crippen LogP contribution in [-0.4, -0.2) is 15.1 Å². The van der Waals surface area contributed by atoms with Gasteiger partial charge in [0.1, 0.15) is 11.9 Å². The van der Waals surface area contributed by atoms with Crippen LogP contribution in [0.25, 0.3) is 22.0 Å². The average Bonchev–Trinajstić information content (AvgIpc) is 3.10. The molecule has 25 heavy (non-hydrogen) atoms. The number of fused-ring (bicyclic) bond motifs is 1. The van der Waals surface area contributed by atoms with Gasteiger partial charge >= 0.3 is 0 Å². The van der Waals surface area contributed by atoms with Crippen molar-refractivity contribution in [3.63, 3.8) is 0 Å². The Hall–Kier alpha value is -2.91. The molecule has 2 N–H and O–H groups in total. The molecule has 0 amide bonds. The maximum atomic E-state index is 10.7. The third-order valence-electron chi connectivity index (χ3n) is 4.65. The highest BCUT2D eigenvalue weighted by atomic mass is 16.3. The third kappa shape index (κ3) is 2.83. The number of rotatable bonds is 3. The van der Waals surface area contributed by atoms with Crippen LogP contribution in [0.1, 0.15) is 28.6 Å². The molecule has 0 aliphatic carbocycles. The van der Waals surface area contributed by atoms with E-state index in [2.05, 4.69) is 47.2 Å². The number of aryl methyl sites for hydroxylation is 2. The van der Waals surface area contributed by atoms with Gasteiger partial charge in [-0.2, -0.15) is 0 Å². The zero-order valence-corrected chi connectivity index (χ0v) is 14.3. The van der Waals surface area contributed by atoms with E-state index in [0.29, 0.717) is 5.82 Å². The number of aliphatic hydroxyl groups is 1. The summed E-state index contributed by atoms with van der Waals surface area (Å²) in [5.74, 6) is 0.565. The van der Waals surface area contributed by atoms with E-state index in [0.717, 1.165) is 22.4 Å². The molecule has 0 spiro atoms.